The smallest absolute Gasteiger partial charge is 0.231 e. The van der Waals surface area contributed by atoms with Gasteiger partial charge in [-0.25, -0.2) is 0 Å². The van der Waals surface area contributed by atoms with Crippen molar-refractivity contribution in [3.63, 3.8) is 0 Å². The molecule has 0 bridgehead atoms. The number of hydrogen-bond donors (Lipinski definition) is 0. The van der Waals surface area contributed by atoms with Crippen molar-refractivity contribution in [3.05, 3.63) is 88.8 Å². The molecule has 0 saturated heterocycles. The van der Waals surface area contributed by atoms with E-state index < -0.39 is 0 Å². The molecule has 0 aliphatic carbocycles. The number of ketones is 1. The third-order valence-corrected chi connectivity index (χ3v) is 7.06. The van der Waals surface area contributed by atoms with Crippen molar-refractivity contribution in [2.75, 3.05) is 27.5 Å². The van der Waals surface area contributed by atoms with Gasteiger partial charge in [-0.2, -0.15) is 0 Å². The van der Waals surface area contributed by atoms with Crippen LogP contribution in [0.4, 0.5) is 0 Å². The van der Waals surface area contributed by atoms with Gasteiger partial charge in [0.2, 0.25) is 5.78 Å². The molecule has 0 fully saturated rings. The highest BCUT2D eigenvalue weighted by atomic mass is 16.5. The summed E-state index contributed by atoms with van der Waals surface area (Å²) in [5.41, 5.74) is 4.69. The molecule has 0 unspecified atom stereocenters. The first-order valence-electron chi connectivity index (χ1n) is 12.3. The van der Waals surface area contributed by atoms with E-state index >= 15 is 0 Å². The molecule has 2 aliphatic heterocycles. The summed E-state index contributed by atoms with van der Waals surface area (Å²) in [5, 5.41) is 1.08. The molecule has 37 heavy (non-hydrogen) atoms. The first-order chi connectivity index (χ1) is 18.1. The van der Waals surface area contributed by atoms with E-state index in [0.29, 0.717) is 36.1 Å². The predicted octanol–water partition coefficient (Wildman–Crippen LogP) is 5.21. The normalized spacial score (nSPS) is 15.9. The second kappa shape index (κ2) is 9.33. The van der Waals surface area contributed by atoms with Crippen LogP contribution in [-0.2, 0) is 20.0 Å². The Hall–Kier alpha value is -4.23. The molecular weight excluding hydrogens is 468 g/mol. The largest absolute Gasteiger partial charge is 0.493 e. The van der Waals surface area contributed by atoms with E-state index in [-0.39, 0.29) is 5.78 Å². The number of allylic oxidation sites excluding steroid dienone is 1. The number of rotatable bonds is 6. The number of para-hydroxylation sites is 1. The van der Waals surface area contributed by atoms with Crippen molar-refractivity contribution in [2.45, 2.75) is 13.0 Å². The van der Waals surface area contributed by atoms with Crippen LogP contribution in [0, 0.1) is 0 Å². The number of nitrogens with zero attached hydrogens (tertiary/aromatic N) is 2. The molecule has 6 rings (SSSR count). The fourth-order valence-electron chi connectivity index (χ4n) is 5.10. The van der Waals surface area contributed by atoms with Crippen molar-refractivity contribution in [1.29, 1.82) is 0 Å². The monoisotopic (exact) mass is 496 g/mol. The van der Waals surface area contributed by atoms with E-state index in [9.17, 15) is 4.79 Å². The van der Waals surface area contributed by atoms with Crippen LogP contribution < -0.4 is 18.9 Å². The van der Waals surface area contributed by atoms with E-state index in [2.05, 4.69) is 21.6 Å². The zero-order valence-electron chi connectivity index (χ0n) is 21.1. The van der Waals surface area contributed by atoms with Crippen LogP contribution in [0.2, 0.25) is 0 Å². The molecule has 0 radical (unpaired) electrons. The molecular formula is C30H28N2O5. The molecule has 7 nitrogen and oxygen atoms in total. The lowest BCUT2D eigenvalue weighted by molar-refractivity contribution is 0.0949. The zero-order valence-corrected chi connectivity index (χ0v) is 21.1. The first kappa shape index (κ1) is 23.2. The number of methoxy groups -OCH3 is 2. The van der Waals surface area contributed by atoms with Gasteiger partial charge in [0, 0.05) is 42.8 Å². The maximum atomic E-state index is 13.3. The molecule has 188 valence electrons. The second-order valence-electron chi connectivity index (χ2n) is 9.34. The molecule has 3 aromatic carbocycles. The first-order valence-corrected chi connectivity index (χ1v) is 12.3. The zero-order chi connectivity index (χ0) is 25.5. The Morgan fingerprint density at radius 2 is 1.86 bits per heavy atom. The summed E-state index contributed by atoms with van der Waals surface area (Å²) in [6.45, 7) is 1.90. The Labute approximate surface area is 215 Å². The van der Waals surface area contributed by atoms with Crippen LogP contribution in [0.5, 0.6) is 23.0 Å². The van der Waals surface area contributed by atoms with Crippen LogP contribution in [0.1, 0.15) is 27.0 Å². The fourth-order valence-corrected chi connectivity index (χ4v) is 5.10. The highest BCUT2D eigenvalue weighted by molar-refractivity contribution is 6.15. The standard InChI is InChI=1S/C30H28N2O5/c1-31-16-20(21-6-4-5-7-24(21)31)15-28-29(33)22-9-11-25-23(30(22)37-28)17-32(18-36-25)13-12-19-8-10-26(34-2)27(14-19)35-3/h4-11,14-16H,12-13,17-18H2,1-3H3/b28-15-. The van der Waals surface area contributed by atoms with Crippen LogP contribution >= 0.6 is 0 Å². The second-order valence-corrected chi connectivity index (χ2v) is 9.34. The van der Waals surface area contributed by atoms with Gasteiger partial charge in [0.15, 0.2) is 17.3 Å². The molecule has 7 heteroatoms. The number of Topliss-reactive ketones (excluding diaryl/α,β-unsaturated/α-hetero) is 1. The minimum absolute atomic E-state index is 0.104. The molecule has 0 saturated carbocycles. The van der Waals surface area contributed by atoms with E-state index in [4.69, 9.17) is 18.9 Å². The van der Waals surface area contributed by atoms with E-state index in [1.807, 2.05) is 55.7 Å². The Kier molecular flexibility index (Phi) is 5.85. The Morgan fingerprint density at radius 3 is 2.70 bits per heavy atom. The maximum absolute atomic E-state index is 13.3. The summed E-state index contributed by atoms with van der Waals surface area (Å²) in [6.07, 6.45) is 4.68. The van der Waals surface area contributed by atoms with Gasteiger partial charge < -0.3 is 23.5 Å². The van der Waals surface area contributed by atoms with Crippen molar-refractivity contribution >= 4 is 22.8 Å². The lowest BCUT2D eigenvalue weighted by Crippen LogP contribution is -2.33. The molecule has 0 N–H and O–H groups in total. The van der Waals surface area contributed by atoms with E-state index in [1.165, 1.54) is 0 Å². The summed E-state index contributed by atoms with van der Waals surface area (Å²) in [6, 6.07) is 17.8. The quantitative estimate of drug-likeness (QED) is 0.342. The summed E-state index contributed by atoms with van der Waals surface area (Å²) in [4.78, 5) is 15.5. The van der Waals surface area contributed by atoms with Crippen LogP contribution in [0.3, 0.4) is 0 Å². The summed E-state index contributed by atoms with van der Waals surface area (Å²) in [7, 11) is 5.27. The number of aromatic nitrogens is 1. The van der Waals surface area contributed by atoms with Crippen LogP contribution in [0.15, 0.2) is 66.6 Å². The lowest BCUT2D eigenvalue weighted by atomic mass is 10.0. The summed E-state index contributed by atoms with van der Waals surface area (Å²) in [5.74, 6) is 3.03. The number of benzene rings is 3. The minimum Gasteiger partial charge on any atom is -0.493 e. The number of ether oxygens (including phenoxy) is 4. The number of hydrogen-bond acceptors (Lipinski definition) is 6. The number of fused-ring (bicyclic) bond motifs is 4. The lowest BCUT2D eigenvalue weighted by Gasteiger charge is -2.29. The van der Waals surface area contributed by atoms with Gasteiger partial charge in [-0.15, -0.1) is 0 Å². The van der Waals surface area contributed by atoms with Gasteiger partial charge in [-0.3, -0.25) is 9.69 Å². The third-order valence-electron chi connectivity index (χ3n) is 7.06. The average molecular weight is 497 g/mol. The summed E-state index contributed by atoms with van der Waals surface area (Å²) >= 11 is 0. The van der Waals surface area contributed by atoms with Crippen molar-refractivity contribution in [1.82, 2.24) is 9.47 Å². The van der Waals surface area contributed by atoms with Crippen molar-refractivity contribution in [2.24, 2.45) is 7.05 Å². The van der Waals surface area contributed by atoms with E-state index in [1.54, 1.807) is 20.3 Å². The Bertz CT molecular complexity index is 1550. The van der Waals surface area contributed by atoms with Gasteiger partial charge in [0.25, 0.3) is 0 Å². The fraction of sp³-hybridized carbons (Fsp3) is 0.233. The van der Waals surface area contributed by atoms with Crippen LogP contribution in [0.25, 0.3) is 17.0 Å². The molecule has 2 aliphatic rings. The molecule has 0 amide bonds. The van der Waals surface area contributed by atoms with Crippen LogP contribution in [-0.4, -0.2) is 42.7 Å². The molecule has 4 aromatic rings. The SMILES string of the molecule is COc1ccc(CCN2COc3ccc4c(c3C2)O/C(=C\c2cn(C)c3ccccc23)C4=O)cc1OC. The maximum Gasteiger partial charge on any atom is 0.231 e. The molecule has 3 heterocycles. The number of aryl methyl sites for hydroxylation is 1. The highest BCUT2D eigenvalue weighted by Crippen LogP contribution is 2.42. The Morgan fingerprint density at radius 1 is 1.03 bits per heavy atom. The average Bonchev–Trinajstić information content (AvgIpc) is 3.43. The van der Waals surface area contributed by atoms with Gasteiger partial charge in [0.05, 0.1) is 25.3 Å². The van der Waals surface area contributed by atoms with E-state index in [0.717, 1.165) is 52.1 Å². The Balaban J connectivity index is 1.23. The molecule has 0 atom stereocenters. The third kappa shape index (κ3) is 4.11. The number of carbonyl (C=O) groups is 1. The topological polar surface area (TPSA) is 62.2 Å². The van der Waals surface area contributed by atoms with Gasteiger partial charge >= 0.3 is 0 Å². The number of carbonyl (C=O) groups excluding carboxylic acids is 1. The van der Waals surface area contributed by atoms with Gasteiger partial charge in [-0.1, -0.05) is 24.3 Å². The van der Waals surface area contributed by atoms with Gasteiger partial charge in [-0.05, 0) is 48.4 Å². The molecule has 0 spiro atoms. The minimum atomic E-state index is -0.104. The van der Waals surface area contributed by atoms with Crippen molar-refractivity contribution in [3.8, 4) is 23.0 Å². The van der Waals surface area contributed by atoms with Gasteiger partial charge in [0.1, 0.15) is 18.2 Å². The van der Waals surface area contributed by atoms with Crippen molar-refractivity contribution < 1.29 is 23.7 Å². The summed E-state index contributed by atoms with van der Waals surface area (Å²) < 4.78 is 25.1. The molecule has 1 aromatic heterocycles. The predicted molar refractivity (Wildman–Crippen MR) is 141 cm³/mol. The highest BCUT2D eigenvalue weighted by Gasteiger charge is 2.33.